The summed E-state index contributed by atoms with van der Waals surface area (Å²) in [6, 6.07) is 7.95. The Morgan fingerprint density at radius 2 is 2.00 bits per heavy atom. The number of ether oxygens (including phenoxy) is 2. The van der Waals surface area contributed by atoms with Gasteiger partial charge in [0.25, 0.3) is 5.56 Å². The molecule has 1 N–H and O–H groups in total. The third kappa shape index (κ3) is 6.02. The van der Waals surface area contributed by atoms with Crippen LogP contribution in [0.15, 0.2) is 35.3 Å². The molecule has 1 aliphatic rings. The molecule has 1 fully saturated rings. The lowest BCUT2D eigenvalue weighted by Gasteiger charge is -2.29. The van der Waals surface area contributed by atoms with E-state index in [4.69, 9.17) is 14.5 Å². The number of fused-ring (bicyclic) bond motifs is 1. The summed E-state index contributed by atoms with van der Waals surface area (Å²) in [6.07, 6.45) is 6.95. The Hall–Kier alpha value is -2.97. The normalized spacial score (nSPS) is 15.6. The van der Waals surface area contributed by atoms with Crippen LogP contribution in [0.2, 0.25) is 0 Å². The van der Waals surface area contributed by atoms with Gasteiger partial charge < -0.3 is 23.9 Å². The third-order valence-corrected chi connectivity index (χ3v) is 7.50. The zero-order valence-corrected chi connectivity index (χ0v) is 23.6. The summed E-state index contributed by atoms with van der Waals surface area (Å²) < 4.78 is 15.2. The Morgan fingerprint density at radius 1 is 1.24 bits per heavy atom. The second-order valence-corrected chi connectivity index (χ2v) is 10.9. The number of carbonyl (C=O) groups excluding carboxylic acids is 1. The van der Waals surface area contributed by atoms with Gasteiger partial charge in [0, 0.05) is 38.0 Å². The van der Waals surface area contributed by atoms with Gasteiger partial charge in [0.15, 0.2) is 0 Å². The minimum absolute atomic E-state index is 0.0117. The van der Waals surface area contributed by atoms with E-state index >= 15 is 0 Å². The zero-order valence-electron chi connectivity index (χ0n) is 23.6. The molecule has 1 aliphatic carbocycles. The van der Waals surface area contributed by atoms with E-state index in [0.717, 1.165) is 60.1 Å². The Kier molecular flexibility index (Phi) is 9.05. The van der Waals surface area contributed by atoms with Crippen LogP contribution >= 0.6 is 0 Å². The van der Waals surface area contributed by atoms with Crippen LogP contribution in [-0.4, -0.2) is 45.9 Å². The van der Waals surface area contributed by atoms with Crippen molar-refractivity contribution in [2.45, 2.75) is 84.5 Å². The molecule has 38 heavy (non-hydrogen) atoms. The monoisotopic (exact) mass is 522 g/mol. The molecule has 1 unspecified atom stereocenters. The minimum atomic E-state index is -0.358. The molecule has 8 nitrogen and oxygen atoms in total. The maximum atomic E-state index is 12.8. The molecule has 0 bridgehead atoms. The van der Waals surface area contributed by atoms with Crippen LogP contribution in [0.4, 0.5) is 0 Å². The average molecular weight is 523 g/mol. The van der Waals surface area contributed by atoms with Crippen LogP contribution in [-0.2, 0) is 27.9 Å². The van der Waals surface area contributed by atoms with Crippen molar-refractivity contribution in [3.8, 4) is 11.4 Å². The number of hydrogen-bond donors (Lipinski definition) is 1. The first-order valence-electron chi connectivity index (χ1n) is 13.8. The number of aryl methyl sites for hydroxylation is 2. The molecule has 4 rings (SSSR count). The van der Waals surface area contributed by atoms with Gasteiger partial charge in [-0.3, -0.25) is 9.59 Å². The standard InChI is InChI=1S/C30H42N4O4/c1-7-9-23(18-37-6)34-26-13-12-21(16-31-27(19(2)3)30(36)38-24-10-8-11-24)15-25(26)32-28(34)22-14-20(4)29(35)33(5)17-22/h12-15,17,19,23-24,27,31H,7-11,16,18H2,1-6H3/t23?,27-/m0/s1. The maximum Gasteiger partial charge on any atom is 0.323 e. The number of aromatic nitrogens is 3. The fraction of sp³-hybridized carbons (Fsp3) is 0.567. The van der Waals surface area contributed by atoms with Gasteiger partial charge >= 0.3 is 5.97 Å². The molecule has 0 amide bonds. The molecule has 2 aromatic heterocycles. The van der Waals surface area contributed by atoms with E-state index in [2.05, 4.69) is 35.0 Å². The number of hydrogen-bond acceptors (Lipinski definition) is 6. The number of esters is 1. The molecule has 1 aromatic carbocycles. The average Bonchev–Trinajstić information content (AvgIpc) is 3.23. The first-order valence-corrected chi connectivity index (χ1v) is 13.8. The van der Waals surface area contributed by atoms with Gasteiger partial charge in [-0.2, -0.15) is 0 Å². The SMILES string of the molecule is CCCC(COC)n1c(-c2cc(C)c(=O)n(C)c2)nc2cc(CN[C@H](C(=O)OC3CCC3)C(C)C)ccc21. The highest BCUT2D eigenvalue weighted by Gasteiger charge is 2.29. The highest BCUT2D eigenvalue weighted by atomic mass is 16.5. The molecule has 1 saturated carbocycles. The van der Waals surface area contributed by atoms with E-state index in [1.54, 1.807) is 18.7 Å². The van der Waals surface area contributed by atoms with Crippen molar-refractivity contribution < 1.29 is 14.3 Å². The zero-order chi connectivity index (χ0) is 27.4. The second kappa shape index (κ2) is 12.3. The number of benzene rings is 1. The van der Waals surface area contributed by atoms with Crippen LogP contribution in [0.3, 0.4) is 0 Å². The Morgan fingerprint density at radius 3 is 2.61 bits per heavy atom. The number of methoxy groups -OCH3 is 1. The summed E-state index contributed by atoms with van der Waals surface area (Å²) in [5, 5.41) is 3.42. The van der Waals surface area contributed by atoms with Crippen molar-refractivity contribution in [1.82, 2.24) is 19.4 Å². The molecule has 2 heterocycles. The molecular weight excluding hydrogens is 480 g/mol. The molecule has 8 heteroatoms. The number of nitrogens with zero attached hydrogens (tertiary/aromatic N) is 3. The number of carbonyl (C=O) groups is 1. The number of pyridine rings is 1. The van der Waals surface area contributed by atoms with Crippen LogP contribution in [0.1, 0.15) is 70.0 Å². The number of nitrogens with one attached hydrogen (secondary N) is 1. The molecule has 0 saturated heterocycles. The van der Waals surface area contributed by atoms with Crippen molar-refractivity contribution in [3.63, 3.8) is 0 Å². The van der Waals surface area contributed by atoms with Crippen molar-refractivity contribution >= 4 is 17.0 Å². The lowest BCUT2D eigenvalue weighted by molar-refractivity contribution is -0.156. The topological polar surface area (TPSA) is 87.4 Å². The maximum absolute atomic E-state index is 12.8. The molecule has 206 valence electrons. The first-order chi connectivity index (χ1) is 18.2. The van der Waals surface area contributed by atoms with E-state index in [9.17, 15) is 9.59 Å². The smallest absolute Gasteiger partial charge is 0.323 e. The van der Waals surface area contributed by atoms with Gasteiger partial charge in [-0.05, 0) is 62.3 Å². The van der Waals surface area contributed by atoms with E-state index in [1.165, 1.54) is 0 Å². The van der Waals surface area contributed by atoms with E-state index in [-0.39, 0.29) is 35.6 Å². The summed E-state index contributed by atoms with van der Waals surface area (Å²) in [7, 11) is 3.50. The minimum Gasteiger partial charge on any atom is -0.461 e. The Bertz CT molecular complexity index is 1290. The van der Waals surface area contributed by atoms with Gasteiger partial charge in [0.1, 0.15) is 18.0 Å². The van der Waals surface area contributed by atoms with Crippen molar-refractivity contribution in [1.29, 1.82) is 0 Å². The van der Waals surface area contributed by atoms with Gasteiger partial charge in [-0.25, -0.2) is 4.98 Å². The Labute approximate surface area is 225 Å². The fourth-order valence-corrected chi connectivity index (χ4v) is 5.19. The van der Waals surface area contributed by atoms with E-state index < -0.39 is 0 Å². The molecular formula is C30H42N4O4. The lowest BCUT2D eigenvalue weighted by atomic mass is 9.96. The predicted octanol–water partition coefficient (Wildman–Crippen LogP) is 4.91. The van der Waals surface area contributed by atoms with E-state index in [0.29, 0.717) is 18.7 Å². The Balaban J connectivity index is 1.68. The van der Waals surface area contributed by atoms with Crippen LogP contribution in [0, 0.1) is 12.8 Å². The third-order valence-electron chi connectivity index (χ3n) is 7.50. The highest BCUT2D eigenvalue weighted by molar-refractivity contribution is 5.82. The predicted molar refractivity (Wildman–Crippen MR) is 150 cm³/mol. The van der Waals surface area contributed by atoms with Gasteiger partial charge in [-0.15, -0.1) is 0 Å². The van der Waals surface area contributed by atoms with E-state index in [1.807, 2.05) is 33.0 Å². The molecule has 0 radical (unpaired) electrons. The van der Waals surface area contributed by atoms with Gasteiger partial charge in [0.05, 0.1) is 23.7 Å². The van der Waals surface area contributed by atoms with Crippen molar-refractivity contribution in [2.24, 2.45) is 13.0 Å². The summed E-state index contributed by atoms with van der Waals surface area (Å²) in [6.45, 7) is 9.19. The van der Waals surface area contributed by atoms with Crippen LogP contribution in [0.25, 0.3) is 22.4 Å². The first kappa shape index (κ1) is 28.0. The molecule has 0 spiro atoms. The summed E-state index contributed by atoms with van der Waals surface area (Å²) >= 11 is 0. The lowest BCUT2D eigenvalue weighted by Crippen LogP contribution is -2.44. The van der Waals surface area contributed by atoms with Crippen molar-refractivity contribution in [2.75, 3.05) is 13.7 Å². The largest absolute Gasteiger partial charge is 0.461 e. The number of rotatable bonds is 12. The van der Waals surface area contributed by atoms with Gasteiger partial charge in [0.2, 0.25) is 0 Å². The molecule has 2 atom stereocenters. The van der Waals surface area contributed by atoms with Crippen molar-refractivity contribution in [3.05, 3.63) is 51.9 Å². The van der Waals surface area contributed by atoms with Gasteiger partial charge in [-0.1, -0.05) is 33.3 Å². The number of imidazole rings is 1. The van der Waals surface area contributed by atoms with Crippen LogP contribution < -0.4 is 10.9 Å². The molecule has 0 aliphatic heterocycles. The summed E-state index contributed by atoms with van der Waals surface area (Å²) in [5.41, 5.74) is 4.52. The quantitative estimate of drug-likeness (QED) is 0.340. The second-order valence-electron chi connectivity index (χ2n) is 10.9. The highest BCUT2D eigenvalue weighted by Crippen LogP contribution is 2.31. The summed E-state index contributed by atoms with van der Waals surface area (Å²) in [5.74, 6) is 0.779. The summed E-state index contributed by atoms with van der Waals surface area (Å²) in [4.78, 5) is 30.2. The fourth-order valence-electron chi connectivity index (χ4n) is 5.19. The molecule has 3 aromatic rings. The van der Waals surface area contributed by atoms with Crippen LogP contribution in [0.5, 0.6) is 0 Å².